The molecule has 42 heavy (non-hydrogen) atoms. The Morgan fingerprint density at radius 3 is 2.62 bits per heavy atom. The van der Waals surface area contributed by atoms with Crippen LogP contribution in [0.2, 0.25) is 0 Å². The molecule has 0 saturated carbocycles. The van der Waals surface area contributed by atoms with Gasteiger partial charge in [-0.05, 0) is 81.2 Å². The van der Waals surface area contributed by atoms with Gasteiger partial charge >= 0.3 is 0 Å². The largest absolute Gasteiger partial charge is 0.490 e. The van der Waals surface area contributed by atoms with Crippen LogP contribution in [-0.2, 0) is 4.74 Å². The number of nitrogens with one attached hydrogen (secondary N) is 1. The number of rotatable bonds is 14. The lowest BCUT2D eigenvalue weighted by molar-refractivity contribution is 0.0145. The van der Waals surface area contributed by atoms with E-state index in [2.05, 4.69) is 60.1 Å². The fraction of sp³-hybridized carbons (Fsp3) is 0.382. The van der Waals surface area contributed by atoms with Gasteiger partial charge in [0.05, 0.1) is 23.6 Å². The number of anilines is 2. The van der Waals surface area contributed by atoms with E-state index in [1.807, 2.05) is 61.5 Å². The summed E-state index contributed by atoms with van der Waals surface area (Å²) in [5.41, 5.74) is 3.77. The van der Waals surface area contributed by atoms with E-state index in [1.54, 1.807) is 12.5 Å². The van der Waals surface area contributed by atoms with Gasteiger partial charge in [-0.3, -0.25) is 5.01 Å². The van der Waals surface area contributed by atoms with Crippen LogP contribution in [-0.4, -0.2) is 47.1 Å². The van der Waals surface area contributed by atoms with Gasteiger partial charge in [0, 0.05) is 24.7 Å². The topological polar surface area (TPSA) is 81.1 Å². The molecule has 8 heteroatoms. The van der Waals surface area contributed by atoms with Gasteiger partial charge in [-0.25, -0.2) is 9.97 Å². The molecule has 0 bridgehead atoms. The highest BCUT2D eigenvalue weighted by atomic mass is 16.5. The second-order valence-electron chi connectivity index (χ2n) is 9.90. The van der Waals surface area contributed by atoms with Gasteiger partial charge in [-0.15, -0.1) is 12.8 Å². The van der Waals surface area contributed by atoms with Crippen molar-refractivity contribution in [3.8, 4) is 24.3 Å². The molecule has 0 fully saturated rings. The number of fused-ring (bicyclic) bond motifs is 1. The molecule has 222 valence electrons. The van der Waals surface area contributed by atoms with Crippen LogP contribution >= 0.6 is 0 Å². The molecule has 0 radical (unpaired) electrons. The first kappa shape index (κ1) is 32.2. The quantitative estimate of drug-likeness (QED) is 0.157. The minimum Gasteiger partial charge on any atom is -0.490 e. The van der Waals surface area contributed by atoms with E-state index in [4.69, 9.17) is 14.2 Å². The predicted molar refractivity (Wildman–Crippen MR) is 172 cm³/mol. The number of allylic oxidation sites excluding steroid dienone is 1. The third-order valence-corrected chi connectivity index (χ3v) is 6.62. The lowest BCUT2D eigenvalue weighted by Crippen LogP contribution is -2.22. The minimum atomic E-state index is 0.0577. The summed E-state index contributed by atoms with van der Waals surface area (Å²) in [6.07, 6.45) is 21.4. The van der Waals surface area contributed by atoms with Crippen molar-refractivity contribution in [2.24, 2.45) is 5.10 Å². The molecular weight excluding hydrogens is 526 g/mol. The molecule has 1 N–H and O–H groups in total. The second-order valence-corrected chi connectivity index (χ2v) is 9.90. The highest BCUT2D eigenvalue weighted by Gasteiger charge is 2.17. The van der Waals surface area contributed by atoms with Crippen molar-refractivity contribution in [2.75, 3.05) is 25.1 Å². The third-order valence-electron chi connectivity index (χ3n) is 6.62. The molecule has 1 unspecified atom stereocenters. The van der Waals surface area contributed by atoms with Gasteiger partial charge in [0.1, 0.15) is 36.0 Å². The first-order valence-corrected chi connectivity index (χ1v) is 14.5. The van der Waals surface area contributed by atoms with Crippen LogP contribution in [0.1, 0.15) is 57.6 Å². The lowest BCUT2D eigenvalue weighted by Gasteiger charge is -2.21. The minimum absolute atomic E-state index is 0.0577. The molecule has 1 aliphatic heterocycles. The molecule has 1 atom stereocenters. The molecule has 3 aromatic rings. The SMILES string of the molecule is C#C.C/C=N\N1C=CC(Oc2ccc(Nc3ncnc4ccc(C)c(OCC(CCCC)OCCC)c34)cc2C)=CC1. The molecule has 0 saturated heterocycles. The summed E-state index contributed by atoms with van der Waals surface area (Å²) in [5.74, 6) is 3.08. The molecular formula is C34H43N5O3. The lowest BCUT2D eigenvalue weighted by atomic mass is 10.1. The van der Waals surface area contributed by atoms with Crippen LogP contribution in [0.3, 0.4) is 0 Å². The summed E-state index contributed by atoms with van der Waals surface area (Å²) in [6, 6.07) is 10.1. The van der Waals surface area contributed by atoms with E-state index in [9.17, 15) is 0 Å². The Kier molecular flexibility index (Phi) is 12.9. The van der Waals surface area contributed by atoms with Crippen molar-refractivity contribution in [3.63, 3.8) is 0 Å². The number of hydrogen-bond acceptors (Lipinski definition) is 8. The molecule has 0 amide bonds. The fourth-order valence-corrected chi connectivity index (χ4v) is 4.50. The van der Waals surface area contributed by atoms with Crippen LogP contribution in [0.5, 0.6) is 11.5 Å². The summed E-state index contributed by atoms with van der Waals surface area (Å²) < 4.78 is 18.7. The number of aromatic nitrogens is 2. The zero-order chi connectivity index (χ0) is 30.3. The highest BCUT2D eigenvalue weighted by Crippen LogP contribution is 2.35. The van der Waals surface area contributed by atoms with Gasteiger partial charge in [0.2, 0.25) is 0 Å². The summed E-state index contributed by atoms with van der Waals surface area (Å²) in [7, 11) is 0. The summed E-state index contributed by atoms with van der Waals surface area (Å²) in [6.45, 7) is 12.2. The van der Waals surface area contributed by atoms with Gasteiger partial charge in [0.25, 0.3) is 0 Å². The monoisotopic (exact) mass is 569 g/mol. The Balaban J connectivity index is 0.00000237. The predicted octanol–water partition coefficient (Wildman–Crippen LogP) is 7.70. The summed E-state index contributed by atoms with van der Waals surface area (Å²) >= 11 is 0. The Morgan fingerprint density at radius 1 is 1.10 bits per heavy atom. The average molecular weight is 570 g/mol. The van der Waals surface area contributed by atoms with Gasteiger partial charge in [-0.2, -0.15) is 5.10 Å². The van der Waals surface area contributed by atoms with Gasteiger partial charge in [0.15, 0.2) is 0 Å². The highest BCUT2D eigenvalue weighted by molar-refractivity contribution is 5.96. The average Bonchev–Trinajstić information content (AvgIpc) is 3.01. The van der Waals surface area contributed by atoms with Crippen molar-refractivity contribution in [2.45, 2.75) is 66.4 Å². The van der Waals surface area contributed by atoms with Crippen molar-refractivity contribution >= 4 is 28.6 Å². The van der Waals surface area contributed by atoms with E-state index in [-0.39, 0.29) is 6.10 Å². The molecule has 4 rings (SSSR count). The van der Waals surface area contributed by atoms with Crippen molar-refractivity contribution in [3.05, 3.63) is 71.9 Å². The van der Waals surface area contributed by atoms with E-state index in [0.29, 0.717) is 19.0 Å². The number of hydrazone groups is 1. The maximum atomic E-state index is 6.45. The number of nitrogens with zero attached hydrogens (tertiary/aromatic N) is 4. The van der Waals surface area contributed by atoms with E-state index >= 15 is 0 Å². The standard InChI is InChI=1S/C32H41N5O3.C2H2/c1-6-9-10-27(38-19-7-2)21-39-31-23(4)11-13-28-30(31)32(34-22-33-28)36-25-12-14-29(24(5)20-25)40-26-15-17-37(18-16-26)35-8-3;1-2/h8,11-17,20,22,27H,6-7,9-10,18-19,21H2,1-5H3,(H,33,34,36);1-2H/b35-8-;. The molecule has 0 spiro atoms. The number of terminal acetylenes is 1. The van der Waals surface area contributed by atoms with E-state index in [1.165, 1.54) is 0 Å². The summed E-state index contributed by atoms with van der Waals surface area (Å²) in [4.78, 5) is 9.12. The second kappa shape index (κ2) is 16.8. The first-order valence-electron chi connectivity index (χ1n) is 14.5. The van der Waals surface area contributed by atoms with Crippen LogP contribution < -0.4 is 14.8 Å². The van der Waals surface area contributed by atoms with Gasteiger partial charge in [-0.1, -0.05) is 32.8 Å². The van der Waals surface area contributed by atoms with E-state index < -0.39 is 0 Å². The van der Waals surface area contributed by atoms with Crippen LogP contribution in [0.25, 0.3) is 10.9 Å². The number of benzene rings is 2. The number of hydrogen-bond donors (Lipinski definition) is 1. The Hall–Kier alpha value is -4.35. The molecule has 2 aromatic carbocycles. The zero-order valence-electron chi connectivity index (χ0n) is 25.5. The van der Waals surface area contributed by atoms with Crippen LogP contribution in [0.4, 0.5) is 11.5 Å². The molecule has 0 aliphatic carbocycles. The third kappa shape index (κ3) is 8.82. The summed E-state index contributed by atoms with van der Waals surface area (Å²) in [5, 5.41) is 10.5. The molecule has 1 aliphatic rings. The van der Waals surface area contributed by atoms with Crippen molar-refractivity contribution in [1.82, 2.24) is 15.0 Å². The number of aryl methyl sites for hydroxylation is 2. The van der Waals surface area contributed by atoms with Crippen molar-refractivity contribution < 1.29 is 14.2 Å². The maximum Gasteiger partial charge on any atom is 0.145 e. The Bertz CT molecular complexity index is 1410. The van der Waals surface area contributed by atoms with Crippen LogP contribution in [0.15, 0.2) is 65.9 Å². The van der Waals surface area contributed by atoms with Crippen molar-refractivity contribution in [1.29, 1.82) is 0 Å². The van der Waals surface area contributed by atoms with Crippen LogP contribution in [0, 0.1) is 26.7 Å². The number of ether oxygens (including phenoxy) is 3. The fourth-order valence-electron chi connectivity index (χ4n) is 4.50. The first-order chi connectivity index (χ1) is 20.5. The Labute approximate surface area is 250 Å². The van der Waals surface area contributed by atoms with Gasteiger partial charge < -0.3 is 19.5 Å². The zero-order valence-corrected chi connectivity index (χ0v) is 25.5. The molecule has 8 nitrogen and oxygen atoms in total. The maximum absolute atomic E-state index is 6.45. The Morgan fingerprint density at radius 2 is 1.93 bits per heavy atom. The normalized spacial score (nSPS) is 13.4. The smallest absolute Gasteiger partial charge is 0.145 e. The molecule has 2 heterocycles. The van der Waals surface area contributed by atoms with E-state index in [0.717, 1.165) is 77.3 Å². The number of unbranched alkanes of at least 4 members (excludes halogenated alkanes) is 1. The molecule has 1 aromatic heterocycles.